The van der Waals surface area contributed by atoms with Gasteiger partial charge in [-0.15, -0.1) is 0 Å². The molecule has 1 heterocycles. The third-order valence-electron chi connectivity index (χ3n) is 3.38. The van der Waals surface area contributed by atoms with Crippen molar-refractivity contribution in [2.45, 2.75) is 18.9 Å². The third-order valence-corrected chi connectivity index (χ3v) is 3.38. The van der Waals surface area contributed by atoms with E-state index < -0.39 is 0 Å². The van der Waals surface area contributed by atoms with Crippen molar-refractivity contribution in [2.24, 2.45) is 11.5 Å². The van der Waals surface area contributed by atoms with E-state index >= 15 is 0 Å². The molecule has 3 nitrogen and oxygen atoms in total. The van der Waals surface area contributed by atoms with Gasteiger partial charge in [0, 0.05) is 26.2 Å². The summed E-state index contributed by atoms with van der Waals surface area (Å²) in [6, 6.07) is 8.67. The van der Waals surface area contributed by atoms with Gasteiger partial charge < -0.3 is 16.4 Å². The summed E-state index contributed by atoms with van der Waals surface area (Å²) in [4.78, 5) is 2.44. The molecule has 1 aromatic carbocycles. The van der Waals surface area contributed by atoms with E-state index in [1.807, 2.05) is 0 Å². The lowest BCUT2D eigenvalue weighted by Gasteiger charge is -2.15. The molecule has 0 aliphatic carbocycles. The predicted molar refractivity (Wildman–Crippen MR) is 67.2 cm³/mol. The summed E-state index contributed by atoms with van der Waals surface area (Å²) in [6.07, 6.45) is 1.24. The van der Waals surface area contributed by atoms with Crippen LogP contribution in [0.1, 0.15) is 23.5 Å². The molecule has 1 fully saturated rings. The largest absolute Gasteiger partial charge is 0.329 e. The number of nitrogens with two attached hydrogens (primary N) is 2. The number of benzene rings is 1. The second-order valence-corrected chi connectivity index (χ2v) is 4.52. The smallest absolute Gasteiger partial charge is 0.0178 e. The number of hydrogen-bond donors (Lipinski definition) is 2. The normalized spacial score (nSPS) is 21.5. The molecule has 0 radical (unpaired) electrons. The van der Waals surface area contributed by atoms with Crippen LogP contribution < -0.4 is 11.5 Å². The fraction of sp³-hybridized carbons (Fsp3) is 0.538. The van der Waals surface area contributed by atoms with Crippen LogP contribution in [0.25, 0.3) is 0 Å². The Labute approximate surface area is 97.4 Å². The van der Waals surface area contributed by atoms with E-state index in [2.05, 4.69) is 29.2 Å². The van der Waals surface area contributed by atoms with Crippen LogP contribution in [0.4, 0.5) is 0 Å². The topological polar surface area (TPSA) is 55.3 Å². The van der Waals surface area contributed by atoms with Crippen LogP contribution >= 0.6 is 0 Å². The van der Waals surface area contributed by atoms with Crippen LogP contribution in [0, 0.1) is 0 Å². The summed E-state index contributed by atoms with van der Waals surface area (Å²) in [5, 5.41) is 0. The van der Waals surface area contributed by atoms with Crippen molar-refractivity contribution in [2.75, 3.05) is 26.2 Å². The molecular weight excluding hydrogens is 198 g/mol. The zero-order valence-corrected chi connectivity index (χ0v) is 9.73. The molecular formula is C13H21N3. The summed E-state index contributed by atoms with van der Waals surface area (Å²) in [7, 11) is 0. The molecule has 3 heteroatoms. The van der Waals surface area contributed by atoms with Crippen molar-refractivity contribution >= 4 is 0 Å². The molecule has 1 unspecified atom stereocenters. The second kappa shape index (κ2) is 5.43. The maximum atomic E-state index is 5.67. The van der Waals surface area contributed by atoms with E-state index in [1.54, 1.807) is 0 Å². The lowest BCUT2D eigenvalue weighted by Crippen LogP contribution is -2.27. The Morgan fingerprint density at radius 1 is 1.31 bits per heavy atom. The average Bonchev–Trinajstić information content (AvgIpc) is 2.78. The Morgan fingerprint density at radius 2 is 2.19 bits per heavy atom. The van der Waals surface area contributed by atoms with Crippen molar-refractivity contribution in [1.82, 2.24) is 4.90 Å². The predicted octanol–water partition coefficient (Wildman–Crippen LogP) is 0.893. The van der Waals surface area contributed by atoms with Gasteiger partial charge in [-0.25, -0.2) is 0 Å². The van der Waals surface area contributed by atoms with E-state index in [9.17, 15) is 0 Å². The quantitative estimate of drug-likeness (QED) is 0.791. The Kier molecular flexibility index (Phi) is 3.93. The van der Waals surface area contributed by atoms with E-state index in [-0.39, 0.29) is 0 Å². The Balaban J connectivity index is 2.02. The summed E-state index contributed by atoms with van der Waals surface area (Å²) < 4.78 is 0. The first-order valence-corrected chi connectivity index (χ1v) is 6.05. The highest BCUT2D eigenvalue weighted by atomic mass is 15.1. The molecule has 1 saturated heterocycles. The highest BCUT2D eigenvalue weighted by Crippen LogP contribution is 2.27. The van der Waals surface area contributed by atoms with Gasteiger partial charge in [-0.2, -0.15) is 0 Å². The lowest BCUT2D eigenvalue weighted by molar-refractivity contribution is 0.344. The van der Waals surface area contributed by atoms with Crippen LogP contribution in [0.2, 0.25) is 0 Å². The molecule has 16 heavy (non-hydrogen) atoms. The van der Waals surface area contributed by atoms with E-state index in [1.165, 1.54) is 24.1 Å². The minimum Gasteiger partial charge on any atom is -0.329 e. The Morgan fingerprint density at radius 3 is 2.94 bits per heavy atom. The number of hydrogen-bond acceptors (Lipinski definition) is 3. The number of nitrogens with zero attached hydrogens (tertiary/aromatic N) is 1. The van der Waals surface area contributed by atoms with Crippen molar-refractivity contribution in [3.05, 3.63) is 35.4 Å². The van der Waals surface area contributed by atoms with Gasteiger partial charge in [0.15, 0.2) is 0 Å². The van der Waals surface area contributed by atoms with Crippen molar-refractivity contribution in [3.63, 3.8) is 0 Å². The maximum absolute atomic E-state index is 5.67. The van der Waals surface area contributed by atoms with Gasteiger partial charge in [0.05, 0.1) is 0 Å². The zero-order valence-electron chi connectivity index (χ0n) is 9.73. The molecule has 0 bridgehead atoms. The molecule has 88 valence electrons. The fourth-order valence-corrected chi connectivity index (χ4v) is 2.46. The van der Waals surface area contributed by atoms with Crippen LogP contribution in [0.15, 0.2) is 24.3 Å². The highest BCUT2D eigenvalue weighted by molar-refractivity contribution is 5.27. The standard InChI is InChI=1S/C13H21N3/c14-5-7-16-6-4-13(10-16)12-3-1-2-11(8-12)9-15/h1-3,8,13H,4-7,9-10,14-15H2. The molecule has 0 saturated carbocycles. The van der Waals surface area contributed by atoms with Crippen LogP contribution in [-0.2, 0) is 6.54 Å². The van der Waals surface area contributed by atoms with E-state index in [0.717, 1.165) is 19.6 Å². The molecule has 4 N–H and O–H groups in total. The molecule has 0 aromatic heterocycles. The summed E-state index contributed by atoms with van der Waals surface area (Å²) in [5.74, 6) is 0.665. The zero-order chi connectivity index (χ0) is 11.4. The molecule has 1 aliphatic rings. The molecule has 1 atom stereocenters. The summed E-state index contributed by atoms with van der Waals surface area (Å²) >= 11 is 0. The Bertz CT molecular complexity index is 338. The molecule has 1 aliphatic heterocycles. The first-order chi connectivity index (χ1) is 7.83. The molecule has 2 rings (SSSR count). The van der Waals surface area contributed by atoms with Crippen LogP contribution in [0.5, 0.6) is 0 Å². The second-order valence-electron chi connectivity index (χ2n) is 4.52. The number of likely N-dealkylation sites (tertiary alicyclic amines) is 1. The van der Waals surface area contributed by atoms with Gasteiger partial charge >= 0.3 is 0 Å². The van der Waals surface area contributed by atoms with Gasteiger partial charge in [-0.05, 0) is 30.0 Å². The van der Waals surface area contributed by atoms with Gasteiger partial charge in [-0.3, -0.25) is 0 Å². The van der Waals surface area contributed by atoms with Gasteiger partial charge in [0.25, 0.3) is 0 Å². The first-order valence-electron chi connectivity index (χ1n) is 6.05. The highest BCUT2D eigenvalue weighted by Gasteiger charge is 2.22. The monoisotopic (exact) mass is 219 g/mol. The summed E-state index contributed by atoms with van der Waals surface area (Å²) in [6.45, 7) is 4.73. The van der Waals surface area contributed by atoms with Crippen molar-refractivity contribution < 1.29 is 0 Å². The third kappa shape index (κ3) is 2.61. The van der Waals surface area contributed by atoms with Crippen molar-refractivity contribution in [1.29, 1.82) is 0 Å². The SMILES string of the molecule is NCCN1CCC(c2cccc(CN)c2)C1. The minimum absolute atomic E-state index is 0.632. The van der Waals surface area contributed by atoms with Crippen LogP contribution in [-0.4, -0.2) is 31.1 Å². The van der Waals surface area contributed by atoms with Gasteiger partial charge in [0.2, 0.25) is 0 Å². The van der Waals surface area contributed by atoms with E-state index in [4.69, 9.17) is 11.5 Å². The minimum atomic E-state index is 0.632. The fourth-order valence-electron chi connectivity index (χ4n) is 2.46. The first kappa shape index (κ1) is 11.6. The van der Waals surface area contributed by atoms with Gasteiger partial charge in [-0.1, -0.05) is 24.3 Å². The number of rotatable bonds is 4. The van der Waals surface area contributed by atoms with Gasteiger partial charge in [0.1, 0.15) is 0 Å². The summed E-state index contributed by atoms with van der Waals surface area (Å²) in [5.41, 5.74) is 13.9. The lowest BCUT2D eigenvalue weighted by atomic mass is 9.97. The van der Waals surface area contributed by atoms with E-state index in [0.29, 0.717) is 12.5 Å². The van der Waals surface area contributed by atoms with Crippen LogP contribution in [0.3, 0.4) is 0 Å². The maximum Gasteiger partial charge on any atom is 0.0178 e. The average molecular weight is 219 g/mol. The Hall–Kier alpha value is -0.900. The molecule has 1 aromatic rings. The molecule has 0 spiro atoms. The molecule has 0 amide bonds. The van der Waals surface area contributed by atoms with Crippen molar-refractivity contribution in [3.8, 4) is 0 Å².